The van der Waals surface area contributed by atoms with Crippen molar-refractivity contribution >= 4 is 21.5 Å². The molecule has 0 radical (unpaired) electrons. The number of fused-ring (bicyclic) bond motifs is 2. The maximum Gasteiger partial charge on any atom is 0.426 e. The molecule has 2 aliphatic rings. The van der Waals surface area contributed by atoms with Gasteiger partial charge in [-0.25, -0.2) is 0 Å². The fraction of sp³-hybridized carbons (Fsp3) is 0.385. The van der Waals surface area contributed by atoms with Gasteiger partial charge in [-0.1, -0.05) is 124 Å². The molecule has 0 aliphatic heterocycles. The van der Waals surface area contributed by atoms with Gasteiger partial charge in [-0.2, -0.15) is 17.6 Å². The summed E-state index contributed by atoms with van der Waals surface area (Å²) >= 11 is 0. The van der Waals surface area contributed by atoms with E-state index in [0.717, 1.165) is 59.4 Å². The third-order valence-corrected chi connectivity index (χ3v) is 13.0. The molecule has 2 saturated carbocycles. The van der Waals surface area contributed by atoms with E-state index < -0.39 is 12.2 Å². The molecule has 302 valence electrons. The van der Waals surface area contributed by atoms with Gasteiger partial charge >= 0.3 is 12.2 Å². The largest absolute Gasteiger partial charge is 0.428 e. The maximum atomic E-state index is 16.4. The fourth-order valence-electron chi connectivity index (χ4n) is 9.87. The Balaban J connectivity index is 1.12. The summed E-state index contributed by atoms with van der Waals surface area (Å²) in [6.07, 6.45) is 6.37. The molecule has 0 saturated heterocycles. The van der Waals surface area contributed by atoms with Crippen LogP contribution in [0.4, 0.5) is 17.6 Å². The molecule has 6 aromatic rings. The van der Waals surface area contributed by atoms with Crippen LogP contribution in [-0.2, 0) is 12.2 Å². The molecule has 0 heterocycles. The van der Waals surface area contributed by atoms with Gasteiger partial charge in [0.15, 0.2) is 0 Å². The van der Waals surface area contributed by atoms with Gasteiger partial charge in [0, 0.05) is 11.1 Å². The molecule has 6 heteroatoms. The van der Waals surface area contributed by atoms with E-state index in [9.17, 15) is 0 Å². The Labute approximate surface area is 340 Å². The van der Waals surface area contributed by atoms with E-state index in [-0.39, 0.29) is 33.8 Å². The summed E-state index contributed by atoms with van der Waals surface area (Å²) in [5, 5.41) is 2.65. The van der Waals surface area contributed by atoms with E-state index in [1.54, 1.807) is 36.4 Å². The lowest BCUT2D eigenvalue weighted by Gasteiger charge is -2.29. The quantitative estimate of drug-likeness (QED) is 0.109. The molecule has 0 N–H and O–H groups in total. The van der Waals surface area contributed by atoms with Crippen molar-refractivity contribution < 1.29 is 27.0 Å². The standard InChI is InChI=1S/C52H54F4O2/c1-3-9-35-15-19-37(20-16-35)39-23-29-43(30-24-39)51(53,54)57-47-33-27-41-11-5-7-13-45(41)49(47)50-46-14-8-6-12-42(46)28-34-48(50)58-52(55,56)44-31-25-40(26-32-44)38-21-17-36(10-4-2)18-22-38/h5-8,11-14,23-38H,3-4,9-10,15-22H2,1-2H3. The number of hydrogen-bond donors (Lipinski definition) is 0. The highest BCUT2D eigenvalue weighted by molar-refractivity contribution is 6.09. The second kappa shape index (κ2) is 17.2. The number of benzene rings is 6. The average molecular weight is 787 g/mol. The normalized spacial score (nSPS) is 20.3. The minimum atomic E-state index is -3.72. The van der Waals surface area contributed by atoms with E-state index in [0.29, 0.717) is 22.6 Å². The van der Waals surface area contributed by atoms with Crippen molar-refractivity contribution in [3.05, 3.63) is 144 Å². The lowest BCUT2D eigenvalue weighted by molar-refractivity contribution is -0.186. The summed E-state index contributed by atoms with van der Waals surface area (Å²) in [7, 11) is 0. The van der Waals surface area contributed by atoms with Gasteiger partial charge in [0.25, 0.3) is 0 Å². The topological polar surface area (TPSA) is 18.5 Å². The summed E-state index contributed by atoms with van der Waals surface area (Å²) < 4.78 is 77.1. The molecular formula is C52H54F4O2. The van der Waals surface area contributed by atoms with Gasteiger partial charge in [-0.05, 0) is 144 Å². The first-order valence-corrected chi connectivity index (χ1v) is 21.5. The molecule has 0 spiro atoms. The van der Waals surface area contributed by atoms with E-state index >= 15 is 17.6 Å². The second-order valence-electron chi connectivity index (χ2n) is 16.8. The lowest BCUT2D eigenvalue weighted by Crippen LogP contribution is -2.23. The average Bonchev–Trinajstić information content (AvgIpc) is 3.24. The Morgan fingerprint density at radius 3 is 1.17 bits per heavy atom. The monoisotopic (exact) mass is 786 g/mol. The van der Waals surface area contributed by atoms with Crippen LogP contribution in [0.1, 0.15) is 125 Å². The zero-order valence-corrected chi connectivity index (χ0v) is 33.7. The molecule has 58 heavy (non-hydrogen) atoms. The molecule has 0 bridgehead atoms. The van der Waals surface area contributed by atoms with Crippen molar-refractivity contribution in [3.63, 3.8) is 0 Å². The Morgan fingerprint density at radius 1 is 0.448 bits per heavy atom. The van der Waals surface area contributed by atoms with Crippen LogP contribution in [0, 0.1) is 11.8 Å². The van der Waals surface area contributed by atoms with Gasteiger partial charge in [0.05, 0.1) is 11.1 Å². The highest BCUT2D eigenvalue weighted by Crippen LogP contribution is 2.50. The fourth-order valence-corrected chi connectivity index (χ4v) is 9.87. The lowest BCUT2D eigenvalue weighted by atomic mass is 9.77. The number of rotatable bonds is 13. The summed E-state index contributed by atoms with van der Waals surface area (Å²) in [5.74, 6) is 1.96. The second-order valence-corrected chi connectivity index (χ2v) is 16.8. The van der Waals surface area contributed by atoms with Gasteiger partial charge in [-0.3, -0.25) is 0 Å². The maximum absolute atomic E-state index is 16.4. The van der Waals surface area contributed by atoms with Gasteiger partial charge < -0.3 is 9.47 Å². The Bertz CT molecular complexity index is 2140. The molecule has 0 atom stereocenters. The molecular weight excluding hydrogens is 733 g/mol. The van der Waals surface area contributed by atoms with Crippen molar-refractivity contribution in [2.24, 2.45) is 11.8 Å². The van der Waals surface area contributed by atoms with Crippen LogP contribution < -0.4 is 9.47 Å². The number of halogens is 4. The molecule has 2 fully saturated rings. The van der Waals surface area contributed by atoms with Crippen LogP contribution in [-0.4, -0.2) is 0 Å². The zero-order valence-electron chi connectivity index (χ0n) is 33.7. The van der Waals surface area contributed by atoms with Gasteiger partial charge in [0.2, 0.25) is 0 Å². The Hall–Kier alpha value is -4.84. The van der Waals surface area contributed by atoms with Crippen molar-refractivity contribution in [1.29, 1.82) is 0 Å². The molecule has 6 aromatic carbocycles. The van der Waals surface area contributed by atoms with Crippen LogP contribution in [0.5, 0.6) is 11.5 Å². The highest BCUT2D eigenvalue weighted by Gasteiger charge is 2.39. The first-order chi connectivity index (χ1) is 28.1. The van der Waals surface area contributed by atoms with E-state index in [1.165, 1.54) is 87.8 Å². The van der Waals surface area contributed by atoms with Gasteiger partial charge in [0.1, 0.15) is 11.5 Å². The smallest absolute Gasteiger partial charge is 0.426 e. The van der Waals surface area contributed by atoms with Crippen LogP contribution in [0.15, 0.2) is 121 Å². The van der Waals surface area contributed by atoms with E-state index in [1.807, 2.05) is 48.5 Å². The van der Waals surface area contributed by atoms with Crippen molar-refractivity contribution in [1.82, 2.24) is 0 Å². The third-order valence-electron chi connectivity index (χ3n) is 13.0. The zero-order chi connectivity index (χ0) is 40.3. The number of hydrogen-bond acceptors (Lipinski definition) is 2. The number of ether oxygens (including phenoxy) is 2. The summed E-state index contributed by atoms with van der Waals surface area (Å²) in [5.41, 5.74) is 2.12. The first kappa shape index (κ1) is 40.0. The van der Waals surface area contributed by atoms with Crippen molar-refractivity contribution in [3.8, 4) is 22.6 Å². The molecule has 2 nitrogen and oxygen atoms in total. The molecule has 8 rings (SSSR count). The summed E-state index contributed by atoms with van der Waals surface area (Å²) in [6, 6.07) is 34.2. The first-order valence-electron chi connectivity index (χ1n) is 21.5. The summed E-state index contributed by atoms with van der Waals surface area (Å²) in [6.45, 7) is 4.44. The third kappa shape index (κ3) is 8.49. The van der Waals surface area contributed by atoms with Crippen LogP contribution in [0.25, 0.3) is 32.7 Å². The van der Waals surface area contributed by atoms with Crippen molar-refractivity contribution in [2.75, 3.05) is 0 Å². The van der Waals surface area contributed by atoms with Gasteiger partial charge in [-0.15, -0.1) is 0 Å². The minimum absolute atomic E-state index is 0.135. The molecule has 0 aromatic heterocycles. The van der Waals surface area contributed by atoms with Crippen LogP contribution in [0.2, 0.25) is 0 Å². The highest BCUT2D eigenvalue weighted by atomic mass is 19.3. The number of alkyl halides is 4. The molecule has 0 unspecified atom stereocenters. The Morgan fingerprint density at radius 2 is 0.810 bits per heavy atom. The summed E-state index contributed by atoms with van der Waals surface area (Å²) in [4.78, 5) is 0. The van der Waals surface area contributed by atoms with E-state index in [2.05, 4.69) is 13.8 Å². The predicted octanol–water partition coefficient (Wildman–Crippen LogP) is 16.1. The van der Waals surface area contributed by atoms with Crippen LogP contribution in [0.3, 0.4) is 0 Å². The minimum Gasteiger partial charge on any atom is -0.428 e. The SMILES string of the molecule is CCCC1CCC(c2ccc(C(F)(F)Oc3ccc4ccccc4c3-c3c(OC(F)(F)c4ccc(C5CCC(CCC)CC5)cc4)ccc4ccccc34)cc2)CC1. The predicted molar refractivity (Wildman–Crippen MR) is 228 cm³/mol. The molecule has 0 amide bonds. The van der Waals surface area contributed by atoms with Crippen LogP contribution >= 0.6 is 0 Å². The van der Waals surface area contributed by atoms with Crippen molar-refractivity contribution in [2.45, 2.75) is 115 Å². The Kier molecular flexibility index (Phi) is 11.8. The van der Waals surface area contributed by atoms with E-state index in [4.69, 9.17) is 9.47 Å². The molecule has 2 aliphatic carbocycles.